The molecule has 3 heterocycles. The molecule has 0 aromatic heterocycles. The van der Waals surface area contributed by atoms with E-state index in [1.54, 1.807) is 4.90 Å². The molecule has 3 saturated heterocycles. The topological polar surface area (TPSA) is 220 Å². The predicted molar refractivity (Wildman–Crippen MR) is 135 cm³/mol. The standard InChI is InChI=1S/C24H37N7O8/c25-18(32)8-7-14(21(36)28-13-20(34)35)29-23(38)17-6-2-10-30(17)19(33)12-27-22(37)16-5-3-11-31(16)24(39)15-4-1-9-26-15/h14-17,26H,1-13H2,(H2,25,32)(H,27,37)(H,28,36)(H,29,38)(H,34,35). The van der Waals surface area contributed by atoms with Crippen LogP contribution in [-0.2, 0) is 33.6 Å². The molecule has 3 fully saturated rings. The van der Waals surface area contributed by atoms with E-state index < -0.39 is 60.2 Å². The molecular formula is C24H37N7O8. The zero-order chi connectivity index (χ0) is 28.5. The molecule has 3 aliphatic heterocycles. The third kappa shape index (κ3) is 8.12. The number of primary amides is 1. The van der Waals surface area contributed by atoms with Crippen molar-refractivity contribution in [1.29, 1.82) is 0 Å². The van der Waals surface area contributed by atoms with Crippen LogP contribution in [0.15, 0.2) is 0 Å². The molecule has 0 bridgehead atoms. The minimum absolute atomic E-state index is 0.106. The molecule has 216 valence electrons. The highest BCUT2D eigenvalue weighted by molar-refractivity contribution is 5.95. The van der Waals surface area contributed by atoms with E-state index in [1.165, 1.54) is 4.90 Å². The molecule has 4 atom stereocenters. The second-order valence-electron chi connectivity index (χ2n) is 9.98. The summed E-state index contributed by atoms with van der Waals surface area (Å²) in [5.41, 5.74) is 5.15. The second kappa shape index (κ2) is 13.9. The number of nitrogens with zero attached hydrogens (tertiary/aromatic N) is 2. The van der Waals surface area contributed by atoms with Gasteiger partial charge in [-0.3, -0.25) is 33.6 Å². The molecule has 0 saturated carbocycles. The normalized spacial score (nSPS) is 23.2. The van der Waals surface area contributed by atoms with Crippen LogP contribution in [0.2, 0.25) is 0 Å². The Balaban J connectivity index is 1.55. The van der Waals surface area contributed by atoms with Crippen molar-refractivity contribution in [3.8, 4) is 0 Å². The maximum atomic E-state index is 13.0. The van der Waals surface area contributed by atoms with Crippen molar-refractivity contribution in [3.05, 3.63) is 0 Å². The van der Waals surface area contributed by atoms with E-state index in [2.05, 4.69) is 21.3 Å². The maximum Gasteiger partial charge on any atom is 0.322 e. The van der Waals surface area contributed by atoms with Gasteiger partial charge in [0.2, 0.25) is 35.4 Å². The number of rotatable bonds is 12. The first kappa shape index (κ1) is 29.8. The lowest BCUT2D eigenvalue weighted by Crippen LogP contribution is -2.55. The number of hydrogen-bond acceptors (Lipinski definition) is 8. The Bertz CT molecular complexity index is 984. The average molecular weight is 552 g/mol. The maximum absolute atomic E-state index is 13.0. The van der Waals surface area contributed by atoms with Crippen LogP contribution in [0.1, 0.15) is 51.4 Å². The zero-order valence-corrected chi connectivity index (χ0v) is 21.8. The number of hydrogen-bond donors (Lipinski definition) is 6. The summed E-state index contributed by atoms with van der Waals surface area (Å²) in [7, 11) is 0. The molecule has 15 nitrogen and oxygen atoms in total. The van der Waals surface area contributed by atoms with Gasteiger partial charge in [-0.15, -0.1) is 0 Å². The molecular weight excluding hydrogens is 514 g/mol. The van der Waals surface area contributed by atoms with Crippen LogP contribution in [0.4, 0.5) is 0 Å². The Morgan fingerprint density at radius 1 is 0.872 bits per heavy atom. The number of nitrogens with one attached hydrogen (secondary N) is 4. The molecule has 15 heteroatoms. The number of carbonyl (C=O) groups excluding carboxylic acids is 6. The summed E-state index contributed by atoms with van der Waals surface area (Å²) in [4.78, 5) is 88.9. The summed E-state index contributed by atoms with van der Waals surface area (Å²) in [5, 5.41) is 19.2. The van der Waals surface area contributed by atoms with Crippen LogP contribution in [0.25, 0.3) is 0 Å². The lowest BCUT2D eigenvalue weighted by atomic mass is 10.1. The van der Waals surface area contributed by atoms with Gasteiger partial charge in [-0.05, 0) is 51.5 Å². The molecule has 4 unspecified atom stereocenters. The molecule has 0 radical (unpaired) electrons. The highest BCUT2D eigenvalue weighted by Crippen LogP contribution is 2.21. The van der Waals surface area contributed by atoms with Crippen molar-refractivity contribution in [2.24, 2.45) is 5.73 Å². The zero-order valence-electron chi connectivity index (χ0n) is 21.8. The van der Waals surface area contributed by atoms with E-state index in [9.17, 15) is 33.6 Å². The summed E-state index contributed by atoms with van der Waals surface area (Å²) >= 11 is 0. The number of carboxylic acids is 1. The van der Waals surface area contributed by atoms with Crippen LogP contribution in [0.3, 0.4) is 0 Å². The molecule has 0 aromatic carbocycles. The molecule has 3 rings (SSSR count). The summed E-state index contributed by atoms with van der Waals surface area (Å²) in [5.74, 6) is -4.42. The van der Waals surface area contributed by atoms with E-state index in [-0.39, 0.29) is 37.9 Å². The fraction of sp³-hybridized carbons (Fsp3) is 0.708. The van der Waals surface area contributed by atoms with Crippen molar-refractivity contribution < 1.29 is 38.7 Å². The van der Waals surface area contributed by atoms with Crippen molar-refractivity contribution in [2.75, 3.05) is 32.7 Å². The number of aliphatic carboxylic acids is 1. The van der Waals surface area contributed by atoms with Gasteiger partial charge < -0.3 is 41.9 Å². The van der Waals surface area contributed by atoms with Gasteiger partial charge in [-0.25, -0.2) is 0 Å². The summed E-state index contributed by atoms with van der Waals surface area (Å²) in [6, 6.07) is -3.07. The Kier molecular flexibility index (Phi) is 10.6. The molecule has 0 aliphatic carbocycles. The van der Waals surface area contributed by atoms with Gasteiger partial charge in [0.05, 0.1) is 12.6 Å². The number of nitrogens with two attached hydrogens (primary N) is 1. The lowest BCUT2D eigenvalue weighted by molar-refractivity contribution is -0.142. The first-order chi connectivity index (χ1) is 18.6. The Morgan fingerprint density at radius 3 is 2.15 bits per heavy atom. The van der Waals surface area contributed by atoms with Gasteiger partial charge in [0.1, 0.15) is 24.7 Å². The Hall–Kier alpha value is -3.75. The fourth-order valence-corrected chi connectivity index (χ4v) is 5.23. The number of carboxylic acid groups (broad SMARTS) is 1. The van der Waals surface area contributed by atoms with Gasteiger partial charge in [0.15, 0.2) is 0 Å². The van der Waals surface area contributed by atoms with Crippen molar-refractivity contribution in [1.82, 2.24) is 31.1 Å². The Labute approximate surface area is 225 Å². The lowest BCUT2D eigenvalue weighted by Gasteiger charge is -2.28. The third-order valence-electron chi connectivity index (χ3n) is 7.21. The summed E-state index contributed by atoms with van der Waals surface area (Å²) in [6.45, 7) is 0.489. The molecule has 7 N–H and O–H groups in total. The van der Waals surface area contributed by atoms with Crippen LogP contribution in [0.5, 0.6) is 0 Å². The second-order valence-corrected chi connectivity index (χ2v) is 9.98. The minimum Gasteiger partial charge on any atom is -0.480 e. The van der Waals surface area contributed by atoms with Crippen LogP contribution < -0.4 is 27.0 Å². The van der Waals surface area contributed by atoms with Gasteiger partial charge in [-0.1, -0.05) is 0 Å². The number of carbonyl (C=O) groups is 7. The van der Waals surface area contributed by atoms with Crippen molar-refractivity contribution in [3.63, 3.8) is 0 Å². The Morgan fingerprint density at radius 2 is 1.54 bits per heavy atom. The highest BCUT2D eigenvalue weighted by atomic mass is 16.4. The highest BCUT2D eigenvalue weighted by Gasteiger charge is 2.39. The van der Waals surface area contributed by atoms with E-state index in [1.807, 2.05) is 0 Å². The van der Waals surface area contributed by atoms with Crippen LogP contribution >= 0.6 is 0 Å². The third-order valence-corrected chi connectivity index (χ3v) is 7.21. The monoisotopic (exact) mass is 551 g/mol. The largest absolute Gasteiger partial charge is 0.480 e. The molecule has 0 spiro atoms. The predicted octanol–water partition coefficient (Wildman–Crippen LogP) is -3.21. The van der Waals surface area contributed by atoms with E-state index in [0.717, 1.165) is 19.4 Å². The van der Waals surface area contributed by atoms with Gasteiger partial charge in [0.25, 0.3) is 0 Å². The fourth-order valence-electron chi connectivity index (χ4n) is 5.23. The summed E-state index contributed by atoms with van der Waals surface area (Å²) < 4.78 is 0. The number of likely N-dealkylation sites (tertiary alicyclic amines) is 2. The smallest absolute Gasteiger partial charge is 0.322 e. The SMILES string of the molecule is NC(=O)CCC(NC(=O)C1CCCN1C(=O)CNC(=O)C1CCCN1C(=O)C1CCCN1)C(=O)NCC(=O)O. The van der Waals surface area contributed by atoms with Crippen molar-refractivity contribution >= 4 is 41.4 Å². The quantitative estimate of drug-likeness (QED) is 0.143. The van der Waals surface area contributed by atoms with Crippen LogP contribution in [0, 0.1) is 0 Å². The van der Waals surface area contributed by atoms with Crippen LogP contribution in [-0.4, -0.2) is 113 Å². The summed E-state index contributed by atoms with van der Waals surface area (Å²) in [6.07, 6.45) is 3.31. The first-order valence-electron chi connectivity index (χ1n) is 13.3. The molecule has 3 aliphatic rings. The van der Waals surface area contributed by atoms with Gasteiger partial charge in [-0.2, -0.15) is 0 Å². The molecule has 0 aromatic rings. The van der Waals surface area contributed by atoms with E-state index >= 15 is 0 Å². The van der Waals surface area contributed by atoms with E-state index in [0.29, 0.717) is 32.2 Å². The first-order valence-corrected chi connectivity index (χ1v) is 13.3. The number of amides is 6. The van der Waals surface area contributed by atoms with Gasteiger partial charge in [0, 0.05) is 19.5 Å². The molecule has 6 amide bonds. The minimum atomic E-state index is -1.28. The molecule has 39 heavy (non-hydrogen) atoms. The van der Waals surface area contributed by atoms with E-state index in [4.69, 9.17) is 10.8 Å². The average Bonchev–Trinajstić information content (AvgIpc) is 3.68. The van der Waals surface area contributed by atoms with Gasteiger partial charge >= 0.3 is 5.97 Å². The van der Waals surface area contributed by atoms with Crippen molar-refractivity contribution in [2.45, 2.75) is 75.5 Å².